The third-order valence-corrected chi connectivity index (χ3v) is 1.66. The number of nitrogens with zero attached hydrogens (tertiary/aromatic N) is 3. The van der Waals surface area contributed by atoms with Gasteiger partial charge in [-0.1, -0.05) is 9.64 Å². The minimum absolute atomic E-state index is 0.0210. The van der Waals surface area contributed by atoms with E-state index in [2.05, 4.69) is 20.1 Å². The van der Waals surface area contributed by atoms with Crippen molar-refractivity contribution >= 4 is 23.3 Å². The summed E-state index contributed by atoms with van der Waals surface area (Å²) in [5.74, 6) is -0.475. The summed E-state index contributed by atoms with van der Waals surface area (Å²) in [6.07, 6.45) is 0. The average Bonchev–Trinajstić information content (AvgIpc) is 2.66. The van der Waals surface area contributed by atoms with Crippen molar-refractivity contribution < 1.29 is 10.0 Å². The molecule has 0 saturated carbocycles. The highest BCUT2D eigenvalue weighted by Crippen LogP contribution is 1.95. The van der Waals surface area contributed by atoms with Crippen LogP contribution in [0.4, 0.5) is 0 Å². The predicted octanol–water partition coefficient (Wildman–Crippen LogP) is -0.986. The van der Waals surface area contributed by atoms with Gasteiger partial charge in [0, 0.05) is 5.38 Å². The molecule has 0 aliphatic rings. The fourth-order valence-electron chi connectivity index (χ4n) is 0.560. The van der Waals surface area contributed by atoms with E-state index in [9.17, 15) is 4.79 Å². The lowest BCUT2D eigenvalue weighted by Gasteiger charge is -1.99. The van der Waals surface area contributed by atoms with Crippen LogP contribution < -0.4 is 11.1 Å². The second-order valence-electron chi connectivity index (χ2n) is 2.06. The van der Waals surface area contributed by atoms with E-state index in [1.807, 2.05) is 0 Å². The first-order valence-electron chi connectivity index (χ1n) is 3.25. The van der Waals surface area contributed by atoms with E-state index in [0.29, 0.717) is 0 Å². The van der Waals surface area contributed by atoms with Gasteiger partial charge in [0.15, 0.2) is 11.5 Å². The Morgan fingerprint density at radius 1 is 1.85 bits per heavy atom. The van der Waals surface area contributed by atoms with E-state index in [4.69, 9.17) is 10.9 Å². The quantitative estimate of drug-likeness (QED) is 0.251. The zero-order valence-corrected chi connectivity index (χ0v) is 7.28. The summed E-state index contributed by atoms with van der Waals surface area (Å²) in [6.45, 7) is -0.0210. The minimum Gasteiger partial charge on any atom is -0.409 e. The van der Waals surface area contributed by atoms with Crippen LogP contribution in [0.2, 0.25) is 0 Å². The molecule has 70 valence electrons. The average molecular weight is 201 g/mol. The maximum atomic E-state index is 11.1. The Balaban J connectivity index is 2.44. The summed E-state index contributed by atoms with van der Waals surface area (Å²) in [7, 11) is 0. The van der Waals surface area contributed by atoms with Crippen LogP contribution in [0.5, 0.6) is 0 Å². The first-order valence-corrected chi connectivity index (χ1v) is 4.09. The van der Waals surface area contributed by atoms with Crippen LogP contribution >= 0.6 is 11.5 Å². The molecule has 7 nitrogen and oxygen atoms in total. The van der Waals surface area contributed by atoms with E-state index in [1.54, 1.807) is 0 Å². The number of oxime groups is 1. The lowest BCUT2D eigenvalue weighted by atomic mass is 10.4. The van der Waals surface area contributed by atoms with Gasteiger partial charge >= 0.3 is 0 Å². The summed E-state index contributed by atoms with van der Waals surface area (Å²) in [4.78, 5) is 11.1. The van der Waals surface area contributed by atoms with E-state index >= 15 is 0 Å². The van der Waals surface area contributed by atoms with Crippen molar-refractivity contribution in [3.05, 3.63) is 11.1 Å². The van der Waals surface area contributed by atoms with Crippen molar-refractivity contribution in [2.24, 2.45) is 10.9 Å². The first-order chi connectivity index (χ1) is 6.24. The lowest BCUT2D eigenvalue weighted by Crippen LogP contribution is -2.33. The van der Waals surface area contributed by atoms with Crippen molar-refractivity contribution in [1.29, 1.82) is 0 Å². The van der Waals surface area contributed by atoms with Gasteiger partial charge in [-0.3, -0.25) is 4.79 Å². The summed E-state index contributed by atoms with van der Waals surface area (Å²) in [5.41, 5.74) is 5.34. The maximum Gasteiger partial charge on any atom is 0.273 e. The van der Waals surface area contributed by atoms with Gasteiger partial charge in [-0.05, 0) is 11.5 Å². The number of aromatic nitrogens is 2. The van der Waals surface area contributed by atoms with Crippen LogP contribution in [-0.2, 0) is 0 Å². The molecule has 0 spiro atoms. The normalized spacial score (nSPS) is 11.2. The Morgan fingerprint density at radius 3 is 3.15 bits per heavy atom. The molecule has 0 bridgehead atoms. The standard InChI is InChI=1S/C5H7N5O2S/c6-4(9-12)1-7-5(11)3-2-13-10-8-3/h2,12H,1H2,(H2,6,9)(H,7,11). The van der Waals surface area contributed by atoms with Gasteiger partial charge < -0.3 is 16.3 Å². The summed E-state index contributed by atoms with van der Waals surface area (Å²) in [5, 5.41) is 18.3. The molecule has 4 N–H and O–H groups in total. The Bertz CT molecular complexity index is 309. The SMILES string of the molecule is NC(CNC(=O)c1csnn1)=NO. The van der Waals surface area contributed by atoms with Crippen molar-refractivity contribution in [1.82, 2.24) is 14.9 Å². The molecule has 13 heavy (non-hydrogen) atoms. The lowest BCUT2D eigenvalue weighted by molar-refractivity contribution is 0.0954. The molecular weight excluding hydrogens is 194 g/mol. The number of nitrogens with one attached hydrogen (secondary N) is 1. The van der Waals surface area contributed by atoms with Crippen LogP contribution in [0.15, 0.2) is 10.5 Å². The number of carbonyl (C=O) groups is 1. The summed E-state index contributed by atoms with van der Waals surface area (Å²) >= 11 is 1.08. The molecule has 8 heteroatoms. The molecule has 0 aromatic carbocycles. The van der Waals surface area contributed by atoms with E-state index in [0.717, 1.165) is 11.5 Å². The van der Waals surface area contributed by atoms with E-state index < -0.39 is 5.91 Å². The Labute approximate surface area is 77.4 Å². The highest BCUT2D eigenvalue weighted by molar-refractivity contribution is 7.03. The van der Waals surface area contributed by atoms with E-state index in [-0.39, 0.29) is 18.1 Å². The molecule has 0 unspecified atom stereocenters. The molecule has 1 rings (SSSR count). The van der Waals surface area contributed by atoms with Crippen LogP contribution in [-0.4, -0.2) is 33.1 Å². The zero-order chi connectivity index (χ0) is 9.68. The third kappa shape index (κ3) is 2.67. The molecule has 0 atom stereocenters. The molecule has 0 radical (unpaired) electrons. The summed E-state index contributed by atoms with van der Waals surface area (Å²) in [6, 6.07) is 0. The molecule has 0 fully saturated rings. The number of hydrogen-bond acceptors (Lipinski definition) is 6. The molecule has 0 saturated heterocycles. The second-order valence-corrected chi connectivity index (χ2v) is 2.67. The number of amides is 1. The van der Waals surface area contributed by atoms with Crippen LogP contribution in [0.3, 0.4) is 0 Å². The highest BCUT2D eigenvalue weighted by Gasteiger charge is 2.07. The van der Waals surface area contributed by atoms with Crippen molar-refractivity contribution in [3.63, 3.8) is 0 Å². The number of nitrogens with two attached hydrogens (primary N) is 1. The Morgan fingerprint density at radius 2 is 2.62 bits per heavy atom. The highest BCUT2D eigenvalue weighted by atomic mass is 32.1. The molecule has 0 aliphatic heterocycles. The van der Waals surface area contributed by atoms with Gasteiger partial charge in [0.1, 0.15) is 0 Å². The molecule has 1 aromatic rings. The van der Waals surface area contributed by atoms with Gasteiger partial charge in [-0.2, -0.15) is 0 Å². The fourth-order valence-corrected chi connectivity index (χ4v) is 0.997. The monoisotopic (exact) mass is 201 g/mol. The van der Waals surface area contributed by atoms with Gasteiger partial charge in [-0.25, -0.2) is 0 Å². The molecular formula is C5H7N5O2S. The fraction of sp³-hybridized carbons (Fsp3) is 0.200. The zero-order valence-electron chi connectivity index (χ0n) is 6.47. The van der Waals surface area contributed by atoms with Crippen molar-refractivity contribution in [3.8, 4) is 0 Å². The van der Waals surface area contributed by atoms with Crippen molar-refractivity contribution in [2.75, 3.05) is 6.54 Å². The van der Waals surface area contributed by atoms with Crippen molar-refractivity contribution in [2.45, 2.75) is 0 Å². The van der Waals surface area contributed by atoms with Crippen LogP contribution in [0.1, 0.15) is 10.5 Å². The topological polar surface area (TPSA) is 113 Å². The molecule has 1 heterocycles. The van der Waals surface area contributed by atoms with Gasteiger partial charge in [0.2, 0.25) is 0 Å². The predicted molar refractivity (Wildman–Crippen MR) is 45.7 cm³/mol. The third-order valence-electron chi connectivity index (χ3n) is 1.15. The van der Waals surface area contributed by atoms with Gasteiger partial charge in [0.25, 0.3) is 5.91 Å². The van der Waals surface area contributed by atoms with Crippen LogP contribution in [0.25, 0.3) is 0 Å². The first kappa shape index (κ1) is 9.39. The maximum absolute atomic E-state index is 11.1. The largest absolute Gasteiger partial charge is 0.409 e. The second kappa shape index (κ2) is 4.36. The molecule has 1 aromatic heterocycles. The number of rotatable bonds is 3. The molecule has 0 aliphatic carbocycles. The van der Waals surface area contributed by atoms with Gasteiger partial charge in [-0.15, -0.1) is 5.10 Å². The minimum atomic E-state index is -0.402. The Kier molecular flexibility index (Phi) is 3.15. The smallest absolute Gasteiger partial charge is 0.273 e. The van der Waals surface area contributed by atoms with Gasteiger partial charge in [0.05, 0.1) is 6.54 Å². The number of hydrogen-bond donors (Lipinski definition) is 3. The number of amidine groups is 1. The molecule has 1 amide bonds. The van der Waals surface area contributed by atoms with Crippen LogP contribution in [0, 0.1) is 0 Å². The summed E-state index contributed by atoms with van der Waals surface area (Å²) < 4.78 is 3.51. The Hall–Kier alpha value is -1.70. The van der Waals surface area contributed by atoms with E-state index in [1.165, 1.54) is 5.38 Å². The number of carbonyl (C=O) groups excluding carboxylic acids is 1.